The molecule has 0 radical (unpaired) electrons. The number of amides is 1. The van der Waals surface area contributed by atoms with Gasteiger partial charge in [-0.05, 0) is 87.7 Å². The van der Waals surface area contributed by atoms with Crippen molar-refractivity contribution in [2.24, 2.45) is 7.05 Å². The number of alkyl halides is 3. The Bertz CT molecular complexity index is 1450. The van der Waals surface area contributed by atoms with Crippen molar-refractivity contribution in [2.75, 3.05) is 23.4 Å². The smallest absolute Gasteiger partial charge is 0.322 e. The van der Waals surface area contributed by atoms with E-state index in [9.17, 15) is 18.0 Å². The normalized spacial score (nSPS) is 16.2. The monoisotopic (exact) mass is 553 g/mol. The van der Waals surface area contributed by atoms with E-state index >= 15 is 0 Å². The zero-order valence-corrected chi connectivity index (χ0v) is 23.1. The molecular weight excluding hydrogens is 519 g/mol. The van der Waals surface area contributed by atoms with E-state index in [1.54, 1.807) is 34.1 Å². The van der Waals surface area contributed by atoms with E-state index in [1.807, 2.05) is 33.2 Å². The van der Waals surface area contributed by atoms with Gasteiger partial charge in [0.15, 0.2) is 0 Å². The minimum Gasteiger partial charge on any atom is -0.322 e. The van der Waals surface area contributed by atoms with Crippen LogP contribution >= 0.6 is 0 Å². The van der Waals surface area contributed by atoms with Crippen LogP contribution in [-0.4, -0.2) is 33.7 Å². The standard InChI is InChI=1S/C29H34F3N7O/c1-18-8-9-21(13-27(18)39-17-26(35-36-39)24-15-33-37(4)20(24)3)28(40)34-23-12-22(16-38-10-6-5-7-11-38)19(2)25(14-23)29(30,31)32/h8-9,12-15,17,35-36H,5-7,10-11,16H2,1-4H3,(H,34,40). The Balaban J connectivity index is 1.40. The zero-order valence-electron chi connectivity index (χ0n) is 23.1. The molecular formula is C29H34F3N7O. The molecule has 3 heterocycles. The Morgan fingerprint density at radius 3 is 2.50 bits per heavy atom. The topological polar surface area (TPSA) is 77.5 Å². The number of carbonyl (C=O) groups is 1. The Labute approximate surface area is 231 Å². The van der Waals surface area contributed by atoms with Gasteiger partial charge in [-0.15, -0.1) is 5.53 Å². The molecule has 1 saturated heterocycles. The van der Waals surface area contributed by atoms with E-state index in [-0.39, 0.29) is 11.3 Å². The van der Waals surface area contributed by atoms with Gasteiger partial charge in [-0.25, -0.2) is 0 Å². The molecule has 1 amide bonds. The van der Waals surface area contributed by atoms with Gasteiger partial charge in [0.2, 0.25) is 0 Å². The molecule has 0 saturated carbocycles. The average Bonchev–Trinajstić information content (AvgIpc) is 3.52. The fourth-order valence-electron chi connectivity index (χ4n) is 5.22. The van der Waals surface area contributed by atoms with Crippen molar-refractivity contribution < 1.29 is 18.0 Å². The Hall–Kier alpha value is -3.83. The molecule has 0 spiro atoms. The van der Waals surface area contributed by atoms with Gasteiger partial charge < -0.3 is 10.7 Å². The molecule has 3 aromatic rings. The predicted octanol–water partition coefficient (Wildman–Crippen LogP) is 5.43. The van der Waals surface area contributed by atoms with Gasteiger partial charge >= 0.3 is 6.18 Å². The number of hydrazine groups is 2. The molecule has 11 heteroatoms. The lowest BCUT2D eigenvalue weighted by molar-refractivity contribution is -0.138. The highest BCUT2D eigenvalue weighted by molar-refractivity contribution is 6.05. The van der Waals surface area contributed by atoms with Gasteiger partial charge in [0.25, 0.3) is 5.91 Å². The zero-order chi connectivity index (χ0) is 28.6. The maximum atomic E-state index is 13.9. The number of carbonyl (C=O) groups excluding carboxylic acids is 1. The van der Waals surface area contributed by atoms with Gasteiger partial charge in [-0.2, -0.15) is 18.3 Å². The van der Waals surface area contributed by atoms with Crippen LogP contribution in [0.5, 0.6) is 0 Å². The summed E-state index contributed by atoms with van der Waals surface area (Å²) in [5, 5.41) is 8.76. The van der Waals surface area contributed by atoms with E-state index in [1.165, 1.54) is 6.92 Å². The highest BCUT2D eigenvalue weighted by Gasteiger charge is 2.34. The third-order valence-electron chi connectivity index (χ3n) is 7.75. The van der Waals surface area contributed by atoms with Gasteiger partial charge in [-0.1, -0.05) is 12.5 Å². The van der Waals surface area contributed by atoms with Crippen molar-refractivity contribution in [2.45, 2.75) is 52.8 Å². The van der Waals surface area contributed by atoms with Gasteiger partial charge in [0.1, 0.15) is 0 Å². The number of likely N-dealkylation sites (tertiary alicyclic amines) is 1. The number of benzene rings is 2. The minimum atomic E-state index is -4.52. The molecule has 40 heavy (non-hydrogen) atoms. The molecule has 0 bridgehead atoms. The molecule has 8 nitrogen and oxygen atoms in total. The third kappa shape index (κ3) is 5.71. The summed E-state index contributed by atoms with van der Waals surface area (Å²) in [4.78, 5) is 15.5. The average molecular weight is 554 g/mol. The molecule has 0 atom stereocenters. The Morgan fingerprint density at radius 2 is 1.82 bits per heavy atom. The summed E-state index contributed by atoms with van der Waals surface area (Å²) in [6.07, 6.45) is 2.34. The van der Waals surface area contributed by atoms with Crippen LogP contribution in [0.1, 0.15) is 63.1 Å². The second-order valence-electron chi connectivity index (χ2n) is 10.5. The highest BCUT2D eigenvalue weighted by Crippen LogP contribution is 2.36. The number of hydrogen-bond acceptors (Lipinski definition) is 6. The first-order chi connectivity index (χ1) is 19.0. The Kier molecular flexibility index (Phi) is 7.61. The molecule has 2 aliphatic rings. The van der Waals surface area contributed by atoms with Crippen LogP contribution in [0.3, 0.4) is 0 Å². The summed E-state index contributed by atoms with van der Waals surface area (Å²) >= 11 is 0. The fourth-order valence-corrected chi connectivity index (χ4v) is 5.22. The predicted molar refractivity (Wildman–Crippen MR) is 149 cm³/mol. The summed E-state index contributed by atoms with van der Waals surface area (Å²) in [6, 6.07) is 7.89. The fraction of sp³-hybridized carbons (Fsp3) is 0.379. The van der Waals surface area contributed by atoms with Crippen LogP contribution in [0, 0.1) is 20.8 Å². The molecule has 3 N–H and O–H groups in total. The highest BCUT2D eigenvalue weighted by atomic mass is 19.4. The number of rotatable bonds is 6. The quantitative estimate of drug-likeness (QED) is 0.378. The molecule has 2 aliphatic heterocycles. The molecule has 0 aliphatic carbocycles. The molecule has 212 valence electrons. The molecule has 0 unspecified atom stereocenters. The van der Waals surface area contributed by atoms with E-state index in [2.05, 4.69) is 26.3 Å². The number of halogens is 3. The lowest BCUT2D eigenvalue weighted by atomic mass is 9.99. The molecule has 2 aromatic carbocycles. The largest absolute Gasteiger partial charge is 0.416 e. The maximum Gasteiger partial charge on any atom is 0.416 e. The van der Waals surface area contributed by atoms with E-state index < -0.39 is 17.6 Å². The number of nitrogens with zero attached hydrogens (tertiary/aromatic N) is 4. The number of hydrogen-bond donors (Lipinski definition) is 3. The van der Waals surface area contributed by atoms with Crippen molar-refractivity contribution in [3.63, 3.8) is 0 Å². The summed E-state index contributed by atoms with van der Waals surface area (Å²) in [6.45, 7) is 7.54. The maximum absolute atomic E-state index is 13.9. The number of anilines is 2. The Morgan fingerprint density at radius 1 is 1.07 bits per heavy atom. The van der Waals surface area contributed by atoms with Gasteiger partial charge in [0.05, 0.1) is 23.1 Å². The second kappa shape index (κ2) is 11.0. The third-order valence-corrected chi connectivity index (χ3v) is 7.75. The lowest BCUT2D eigenvalue weighted by Crippen LogP contribution is -2.36. The minimum absolute atomic E-state index is 0.132. The lowest BCUT2D eigenvalue weighted by Gasteiger charge is -2.28. The van der Waals surface area contributed by atoms with Crippen molar-refractivity contribution in [1.29, 1.82) is 0 Å². The van der Waals surface area contributed by atoms with E-state index in [0.717, 1.165) is 66.6 Å². The first-order valence-corrected chi connectivity index (χ1v) is 13.4. The number of piperidine rings is 1. The van der Waals surface area contributed by atoms with Crippen LogP contribution < -0.4 is 21.3 Å². The second-order valence-corrected chi connectivity index (χ2v) is 10.5. The van der Waals surface area contributed by atoms with E-state index in [4.69, 9.17) is 0 Å². The van der Waals surface area contributed by atoms with Crippen LogP contribution in [0.15, 0.2) is 42.7 Å². The van der Waals surface area contributed by atoms with Crippen LogP contribution in [0.2, 0.25) is 0 Å². The summed E-state index contributed by atoms with van der Waals surface area (Å²) in [5.74, 6) is -0.485. The number of aromatic nitrogens is 2. The van der Waals surface area contributed by atoms with Crippen molar-refractivity contribution in [3.05, 3.63) is 81.8 Å². The van der Waals surface area contributed by atoms with Crippen molar-refractivity contribution in [3.8, 4) is 0 Å². The van der Waals surface area contributed by atoms with Crippen molar-refractivity contribution in [1.82, 2.24) is 25.6 Å². The first kappa shape index (κ1) is 27.7. The molecule has 1 aromatic heterocycles. The summed E-state index contributed by atoms with van der Waals surface area (Å²) in [7, 11) is 1.87. The van der Waals surface area contributed by atoms with Gasteiger partial charge in [-0.3, -0.25) is 19.4 Å². The van der Waals surface area contributed by atoms with Gasteiger partial charge in [0, 0.05) is 42.3 Å². The SMILES string of the molecule is Cc1ccc(C(=O)Nc2cc(CN3CCCCC3)c(C)c(C(F)(F)F)c2)cc1N1C=C(c2cnn(C)c2C)NN1. The molecule has 5 rings (SSSR count). The first-order valence-electron chi connectivity index (χ1n) is 13.4. The summed E-state index contributed by atoms with van der Waals surface area (Å²) < 4.78 is 43.6. The number of aryl methyl sites for hydroxylation is 2. The molecule has 1 fully saturated rings. The number of nitrogens with one attached hydrogen (secondary N) is 3. The van der Waals surface area contributed by atoms with Crippen LogP contribution in [-0.2, 0) is 19.8 Å². The van der Waals surface area contributed by atoms with Crippen molar-refractivity contribution >= 4 is 23.0 Å². The summed E-state index contributed by atoms with van der Waals surface area (Å²) in [5.41, 5.74) is 11.1. The van der Waals surface area contributed by atoms with Crippen LogP contribution in [0.4, 0.5) is 24.5 Å². The van der Waals surface area contributed by atoms with Crippen LogP contribution in [0.25, 0.3) is 5.70 Å². The van der Waals surface area contributed by atoms with E-state index in [0.29, 0.717) is 17.7 Å².